The fourth-order valence-electron chi connectivity index (χ4n) is 3.65. The van der Waals surface area contributed by atoms with Crippen LogP contribution < -0.4 is 5.32 Å². The number of halogens is 1. The van der Waals surface area contributed by atoms with Crippen molar-refractivity contribution in [1.29, 1.82) is 0 Å². The van der Waals surface area contributed by atoms with E-state index in [2.05, 4.69) is 15.4 Å². The Morgan fingerprint density at radius 1 is 1.17 bits per heavy atom. The van der Waals surface area contributed by atoms with Gasteiger partial charge in [0.15, 0.2) is 0 Å². The molecular formula is C22H24ClN5O. The highest BCUT2D eigenvalue weighted by molar-refractivity contribution is 6.33. The number of hydrogen-bond donors (Lipinski definition) is 1. The number of nitrogens with zero attached hydrogens (tertiary/aromatic N) is 4. The van der Waals surface area contributed by atoms with Gasteiger partial charge in [0.25, 0.3) is 5.91 Å². The van der Waals surface area contributed by atoms with Gasteiger partial charge in [0, 0.05) is 50.2 Å². The van der Waals surface area contributed by atoms with E-state index in [9.17, 15) is 4.79 Å². The highest BCUT2D eigenvalue weighted by Gasteiger charge is 2.19. The standard InChI is InChI=1S/C22H24ClN5O/c1-27-15-18(20(26-27)16-8-4-2-5-9-16)14-25-21-19(23)12-17(13-24-21)22(29)28-10-6-3-7-11-28/h2,4-5,8-9,12-13,15H,3,6-7,10-11,14H2,1H3,(H,24,25). The van der Waals surface area contributed by atoms with Crippen LogP contribution in [0.2, 0.25) is 5.02 Å². The lowest BCUT2D eigenvalue weighted by Gasteiger charge is -2.26. The molecule has 0 saturated carbocycles. The van der Waals surface area contributed by atoms with Crippen LogP contribution in [0.25, 0.3) is 11.3 Å². The number of benzene rings is 1. The number of nitrogens with one attached hydrogen (secondary N) is 1. The smallest absolute Gasteiger partial charge is 0.255 e. The highest BCUT2D eigenvalue weighted by atomic mass is 35.5. The van der Waals surface area contributed by atoms with E-state index in [1.54, 1.807) is 16.9 Å². The first-order valence-corrected chi connectivity index (χ1v) is 10.3. The molecular weight excluding hydrogens is 386 g/mol. The lowest BCUT2D eigenvalue weighted by atomic mass is 10.1. The van der Waals surface area contributed by atoms with Crippen LogP contribution in [0, 0.1) is 0 Å². The first kappa shape index (κ1) is 19.5. The first-order valence-electron chi connectivity index (χ1n) is 9.88. The van der Waals surface area contributed by atoms with Gasteiger partial charge in [0.05, 0.1) is 16.3 Å². The zero-order valence-corrected chi connectivity index (χ0v) is 17.2. The summed E-state index contributed by atoms with van der Waals surface area (Å²) >= 11 is 6.42. The Morgan fingerprint density at radius 2 is 1.93 bits per heavy atom. The zero-order chi connectivity index (χ0) is 20.2. The van der Waals surface area contributed by atoms with Crippen molar-refractivity contribution in [1.82, 2.24) is 19.7 Å². The molecule has 29 heavy (non-hydrogen) atoms. The minimum Gasteiger partial charge on any atom is -0.365 e. The van der Waals surface area contributed by atoms with Gasteiger partial charge in [-0.05, 0) is 25.3 Å². The lowest BCUT2D eigenvalue weighted by molar-refractivity contribution is 0.0724. The molecule has 1 fully saturated rings. The summed E-state index contributed by atoms with van der Waals surface area (Å²) in [7, 11) is 1.90. The number of pyridine rings is 1. The van der Waals surface area contributed by atoms with E-state index in [0.29, 0.717) is 22.9 Å². The number of anilines is 1. The second kappa shape index (κ2) is 8.66. The maximum absolute atomic E-state index is 12.6. The van der Waals surface area contributed by atoms with Crippen molar-refractivity contribution >= 4 is 23.3 Å². The first-order chi connectivity index (χ1) is 14.1. The maximum atomic E-state index is 12.6. The highest BCUT2D eigenvalue weighted by Crippen LogP contribution is 2.25. The fraction of sp³-hybridized carbons (Fsp3) is 0.318. The fourth-order valence-corrected chi connectivity index (χ4v) is 3.88. The maximum Gasteiger partial charge on any atom is 0.255 e. The summed E-state index contributed by atoms with van der Waals surface area (Å²) < 4.78 is 1.80. The summed E-state index contributed by atoms with van der Waals surface area (Å²) in [6.07, 6.45) is 6.89. The number of likely N-dealkylation sites (tertiary alicyclic amines) is 1. The van der Waals surface area contributed by atoms with Gasteiger partial charge in [-0.25, -0.2) is 4.98 Å². The van der Waals surface area contributed by atoms with E-state index in [1.165, 1.54) is 6.42 Å². The van der Waals surface area contributed by atoms with E-state index in [0.717, 1.165) is 42.8 Å². The summed E-state index contributed by atoms with van der Waals surface area (Å²) in [6.45, 7) is 2.14. The van der Waals surface area contributed by atoms with Gasteiger partial charge in [0.1, 0.15) is 5.82 Å². The van der Waals surface area contributed by atoms with Crippen molar-refractivity contribution in [2.24, 2.45) is 7.05 Å². The Labute approximate surface area is 175 Å². The third-order valence-corrected chi connectivity index (χ3v) is 5.42. The van der Waals surface area contributed by atoms with Gasteiger partial charge in [-0.3, -0.25) is 9.48 Å². The summed E-state index contributed by atoms with van der Waals surface area (Å²) in [5.74, 6) is 0.564. The summed E-state index contributed by atoms with van der Waals surface area (Å²) in [6, 6.07) is 11.8. The number of hydrogen-bond acceptors (Lipinski definition) is 4. The molecule has 6 nitrogen and oxygen atoms in total. The number of piperidine rings is 1. The van der Waals surface area contributed by atoms with E-state index in [1.807, 2.05) is 48.5 Å². The minimum atomic E-state index is 0.00396. The number of amides is 1. The molecule has 1 aliphatic heterocycles. The third-order valence-electron chi connectivity index (χ3n) is 5.13. The Hall–Kier alpha value is -2.86. The number of aryl methyl sites for hydroxylation is 1. The number of rotatable bonds is 5. The average molecular weight is 410 g/mol. The number of carbonyl (C=O) groups is 1. The molecule has 0 unspecified atom stereocenters. The second-order valence-corrected chi connectivity index (χ2v) is 7.71. The third kappa shape index (κ3) is 4.43. The summed E-state index contributed by atoms with van der Waals surface area (Å²) in [5, 5.41) is 8.30. The number of aromatic nitrogens is 3. The predicted molar refractivity (Wildman–Crippen MR) is 115 cm³/mol. The van der Waals surface area contributed by atoms with E-state index < -0.39 is 0 Å². The Kier molecular flexibility index (Phi) is 5.81. The minimum absolute atomic E-state index is 0.00396. The van der Waals surface area contributed by atoms with Crippen LogP contribution in [0.4, 0.5) is 5.82 Å². The van der Waals surface area contributed by atoms with Crippen molar-refractivity contribution in [3.63, 3.8) is 0 Å². The molecule has 1 aromatic carbocycles. The van der Waals surface area contributed by atoms with Crippen molar-refractivity contribution in [3.8, 4) is 11.3 Å². The lowest BCUT2D eigenvalue weighted by Crippen LogP contribution is -2.35. The molecule has 1 aliphatic rings. The summed E-state index contributed by atoms with van der Waals surface area (Å²) in [5.41, 5.74) is 3.57. The Balaban J connectivity index is 1.48. The Morgan fingerprint density at radius 3 is 2.66 bits per heavy atom. The molecule has 7 heteroatoms. The molecule has 1 N–H and O–H groups in total. The molecule has 2 aromatic heterocycles. The van der Waals surface area contributed by atoms with Crippen molar-refractivity contribution < 1.29 is 4.79 Å². The van der Waals surface area contributed by atoms with Gasteiger partial charge < -0.3 is 10.2 Å². The van der Waals surface area contributed by atoms with Crippen molar-refractivity contribution in [2.75, 3.05) is 18.4 Å². The number of carbonyl (C=O) groups excluding carboxylic acids is 1. The van der Waals surface area contributed by atoms with Crippen molar-refractivity contribution in [2.45, 2.75) is 25.8 Å². The SMILES string of the molecule is Cn1cc(CNc2ncc(C(=O)N3CCCCC3)cc2Cl)c(-c2ccccc2)n1. The second-order valence-electron chi connectivity index (χ2n) is 7.30. The van der Waals surface area contributed by atoms with Gasteiger partial charge in [-0.1, -0.05) is 41.9 Å². The van der Waals surface area contributed by atoms with Crippen LogP contribution in [0.5, 0.6) is 0 Å². The van der Waals surface area contributed by atoms with Gasteiger partial charge in [-0.2, -0.15) is 5.10 Å². The quantitative estimate of drug-likeness (QED) is 0.679. The van der Waals surface area contributed by atoms with E-state index >= 15 is 0 Å². The molecule has 0 bridgehead atoms. The van der Waals surface area contributed by atoms with Crippen LogP contribution in [0.15, 0.2) is 48.8 Å². The van der Waals surface area contributed by atoms with Crippen LogP contribution in [0.3, 0.4) is 0 Å². The molecule has 3 aromatic rings. The van der Waals surface area contributed by atoms with Crippen molar-refractivity contribution in [3.05, 3.63) is 64.9 Å². The average Bonchev–Trinajstić information content (AvgIpc) is 3.14. The van der Waals surface area contributed by atoms with E-state index in [-0.39, 0.29) is 5.91 Å². The Bertz CT molecular complexity index is 996. The topological polar surface area (TPSA) is 63.1 Å². The predicted octanol–water partition coefficient (Wildman–Crippen LogP) is 4.37. The molecule has 0 spiro atoms. The molecule has 0 atom stereocenters. The van der Waals surface area contributed by atoms with Crippen LogP contribution in [-0.4, -0.2) is 38.7 Å². The van der Waals surface area contributed by atoms with Gasteiger partial charge in [-0.15, -0.1) is 0 Å². The largest absolute Gasteiger partial charge is 0.365 e. The normalized spacial score (nSPS) is 14.1. The molecule has 150 valence electrons. The molecule has 3 heterocycles. The molecule has 1 saturated heterocycles. The monoisotopic (exact) mass is 409 g/mol. The molecule has 1 amide bonds. The molecule has 4 rings (SSSR count). The zero-order valence-electron chi connectivity index (χ0n) is 16.4. The van der Waals surface area contributed by atoms with Crippen LogP contribution in [0.1, 0.15) is 35.2 Å². The molecule has 0 radical (unpaired) electrons. The summed E-state index contributed by atoms with van der Waals surface area (Å²) in [4.78, 5) is 18.9. The van der Waals surface area contributed by atoms with Gasteiger partial charge >= 0.3 is 0 Å². The van der Waals surface area contributed by atoms with Crippen LogP contribution >= 0.6 is 11.6 Å². The van der Waals surface area contributed by atoms with Crippen LogP contribution in [-0.2, 0) is 13.6 Å². The van der Waals surface area contributed by atoms with E-state index in [4.69, 9.17) is 11.6 Å². The van der Waals surface area contributed by atoms with Gasteiger partial charge in [0.2, 0.25) is 0 Å². The molecule has 0 aliphatic carbocycles.